The zero-order valence-electron chi connectivity index (χ0n) is 13.6. The number of hydrogen-bond donors (Lipinski definition) is 0. The zero-order chi connectivity index (χ0) is 17.0. The number of pyridine rings is 1. The highest BCUT2D eigenvalue weighted by molar-refractivity contribution is 6.41. The number of aromatic nitrogens is 1. The van der Waals surface area contributed by atoms with Gasteiger partial charge < -0.3 is 4.90 Å². The maximum atomic E-state index is 12.7. The van der Waals surface area contributed by atoms with Crippen molar-refractivity contribution in [3.63, 3.8) is 0 Å². The van der Waals surface area contributed by atoms with Crippen LogP contribution in [0.15, 0.2) is 47.6 Å². The summed E-state index contributed by atoms with van der Waals surface area (Å²) in [4.78, 5) is 37.3. The number of fused-ring (bicyclic) bond motifs is 2. The second kappa shape index (κ2) is 5.24. The minimum Gasteiger partial charge on any atom is -0.333 e. The van der Waals surface area contributed by atoms with Crippen LogP contribution in [0.3, 0.4) is 0 Å². The summed E-state index contributed by atoms with van der Waals surface area (Å²) >= 11 is 0. The van der Waals surface area contributed by atoms with Gasteiger partial charge in [0.15, 0.2) is 0 Å². The van der Waals surface area contributed by atoms with Crippen molar-refractivity contribution in [3.8, 4) is 0 Å². The molecule has 5 rings (SSSR count). The van der Waals surface area contributed by atoms with Crippen molar-refractivity contribution >= 4 is 29.0 Å². The van der Waals surface area contributed by atoms with E-state index in [1.165, 1.54) is 0 Å². The van der Waals surface area contributed by atoms with E-state index in [9.17, 15) is 9.59 Å². The Kier molecular flexibility index (Phi) is 3.00. The Hall–Kier alpha value is -3.02. The summed E-state index contributed by atoms with van der Waals surface area (Å²) in [6, 6.07) is 11.6. The first-order valence-corrected chi connectivity index (χ1v) is 8.41. The van der Waals surface area contributed by atoms with E-state index in [-0.39, 0.29) is 17.9 Å². The van der Waals surface area contributed by atoms with E-state index in [4.69, 9.17) is 0 Å². The number of carbonyl (C=O) groups excluding carboxylic acids is 2. The first-order chi connectivity index (χ1) is 12.2. The van der Waals surface area contributed by atoms with Gasteiger partial charge >= 0.3 is 0 Å². The maximum absolute atomic E-state index is 12.7. The van der Waals surface area contributed by atoms with Crippen LogP contribution in [0, 0.1) is 0 Å². The fraction of sp³-hybridized carbons (Fsp3) is 0.263. The third kappa shape index (κ3) is 2.17. The third-order valence-electron chi connectivity index (χ3n) is 5.07. The van der Waals surface area contributed by atoms with Gasteiger partial charge in [-0.3, -0.25) is 14.5 Å². The number of amides is 2. The first-order valence-electron chi connectivity index (χ1n) is 8.41. The molecule has 1 fully saturated rings. The highest BCUT2D eigenvalue weighted by Crippen LogP contribution is 2.32. The van der Waals surface area contributed by atoms with Crippen LogP contribution in [0.4, 0.5) is 11.5 Å². The van der Waals surface area contributed by atoms with Gasteiger partial charge in [0, 0.05) is 31.3 Å². The molecule has 0 N–H and O–H groups in total. The molecule has 1 saturated heterocycles. The van der Waals surface area contributed by atoms with Crippen molar-refractivity contribution in [3.05, 3.63) is 53.7 Å². The van der Waals surface area contributed by atoms with E-state index >= 15 is 0 Å². The monoisotopic (exact) mass is 332 g/mol. The molecule has 25 heavy (non-hydrogen) atoms. The van der Waals surface area contributed by atoms with Gasteiger partial charge in [0.2, 0.25) is 5.91 Å². The van der Waals surface area contributed by atoms with Crippen LogP contribution < -0.4 is 4.90 Å². The molecule has 3 aliphatic rings. The standard InChI is InChI=1S/C19H16N4O2/c24-17-9-13-5-3-7-20-18(13)23(17)14-10-22(11-14)19(25)16-8-12-4-1-2-6-15(12)21-16/h1-7,14H,8-11H2. The number of likely N-dealkylation sites (tertiary alicyclic amines) is 1. The predicted molar refractivity (Wildman–Crippen MR) is 93.0 cm³/mol. The van der Waals surface area contributed by atoms with Gasteiger partial charge in [0.1, 0.15) is 11.5 Å². The summed E-state index contributed by atoms with van der Waals surface area (Å²) < 4.78 is 0. The Morgan fingerprint density at radius 1 is 1.04 bits per heavy atom. The molecule has 124 valence electrons. The number of aliphatic imine (C=N–C) groups is 1. The zero-order valence-corrected chi connectivity index (χ0v) is 13.6. The largest absolute Gasteiger partial charge is 0.333 e. The average molecular weight is 332 g/mol. The summed E-state index contributed by atoms with van der Waals surface area (Å²) in [7, 11) is 0. The van der Waals surface area contributed by atoms with Crippen LogP contribution in [0.5, 0.6) is 0 Å². The first kappa shape index (κ1) is 14.3. The number of para-hydroxylation sites is 1. The molecule has 1 aromatic heterocycles. The summed E-state index contributed by atoms with van der Waals surface area (Å²) in [6.07, 6.45) is 2.69. The van der Waals surface area contributed by atoms with Crippen LogP contribution in [-0.2, 0) is 22.4 Å². The van der Waals surface area contributed by atoms with Gasteiger partial charge in [0.25, 0.3) is 5.91 Å². The summed E-state index contributed by atoms with van der Waals surface area (Å²) in [5, 5.41) is 0. The maximum Gasteiger partial charge on any atom is 0.268 e. The molecule has 2 aromatic rings. The minimum absolute atomic E-state index is 0.0111. The lowest BCUT2D eigenvalue weighted by atomic mass is 10.0. The van der Waals surface area contributed by atoms with E-state index in [1.807, 2.05) is 36.4 Å². The summed E-state index contributed by atoms with van der Waals surface area (Å²) in [6.45, 7) is 1.08. The van der Waals surface area contributed by atoms with Crippen molar-refractivity contribution in [1.29, 1.82) is 0 Å². The van der Waals surface area contributed by atoms with Crippen LogP contribution >= 0.6 is 0 Å². The molecule has 0 saturated carbocycles. The number of benzene rings is 1. The SMILES string of the molecule is O=C(C1=Nc2ccccc2C1)N1CC(N2C(=O)Cc3cccnc32)C1. The Bertz CT molecular complexity index is 931. The Balaban J connectivity index is 1.29. The molecule has 0 radical (unpaired) electrons. The molecule has 6 nitrogen and oxygen atoms in total. The second-order valence-corrected chi connectivity index (χ2v) is 6.65. The Labute approximate surface area is 144 Å². The van der Waals surface area contributed by atoms with Crippen molar-refractivity contribution in [2.24, 2.45) is 4.99 Å². The van der Waals surface area contributed by atoms with E-state index in [1.54, 1.807) is 16.0 Å². The molecule has 0 aliphatic carbocycles. The van der Waals surface area contributed by atoms with Crippen LogP contribution in [0.1, 0.15) is 11.1 Å². The lowest BCUT2D eigenvalue weighted by Gasteiger charge is -2.43. The molecular weight excluding hydrogens is 316 g/mol. The van der Waals surface area contributed by atoms with Gasteiger partial charge in [-0.25, -0.2) is 9.98 Å². The molecule has 3 aliphatic heterocycles. The van der Waals surface area contributed by atoms with Crippen LogP contribution in [0.2, 0.25) is 0 Å². The number of anilines is 1. The molecule has 6 heteroatoms. The van der Waals surface area contributed by atoms with E-state index in [2.05, 4.69) is 9.98 Å². The van der Waals surface area contributed by atoms with E-state index in [0.29, 0.717) is 31.6 Å². The molecule has 0 spiro atoms. The van der Waals surface area contributed by atoms with Crippen LogP contribution in [0.25, 0.3) is 0 Å². The van der Waals surface area contributed by atoms with Gasteiger partial charge in [-0.1, -0.05) is 24.3 Å². The number of carbonyl (C=O) groups is 2. The molecule has 0 bridgehead atoms. The number of hydrogen-bond acceptors (Lipinski definition) is 4. The molecule has 4 heterocycles. The van der Waals surface area contributed by atoms with E-state index < -0.39 is 0 Å². The summed E-state index contributed by atoms with van der Waals surface area (Å²) in [5.74, 6) is 0.784. The number of rotatable bonds is 2. The smallest absolute Gasteiger partial charge is 0.268 e. The minimum atomic E-state index is -0.0275. The fourth-order valence-corrected chi connectivity index (χ4v) is 3.75. The van der Waals surface area contributed by atoms with Crippen LogP contribution in [-0.4, -0.2) is 46.5 Å². The second-order valence-electron chi connectivity index (χ2n) is 6.65. The predicted octanol–water partition coefficient (Wildman–Crippen LogP) is 1.51. The van der Waals surface area contributed by atoms with Crippen molar-refractivity contribution in [1.82, 2.24) is 9.88 Å². The molecule has 1 aromatic carbocycles. The fourth-order valence-electron chi connectivity index (χ4n) is 3.75. The van der Waals surface area contributed by atoms with E-state index in [0.717, 1.165) is 22.6 Å². The number of nitrogens with zero attached hydrogens (tertiary/aromatic N) is 4. The lowest BCUT2D eigenvalue weighted by molar-refractivity contribution is -0.129. The van der Waals surface area contributed by atoms with Gasteiger partial charge in [-0.05, 0) is 17.7 Å². The van der Waals surface area contributed by atoms with Crippen molar-refractivity contribution < 1.29 is 9.59 Å². The quantitative estimate of drug-likeness (QED) is 0.837. The molecule has 2 amide bonds. The highest BCUT2D eigenvalue weighted by Gasteiger charge is 2.43. The average Bonchev–Trinajstić information content (AvgIpc) is 3.15. The Morgan fingerprint density at radius 2 is 1.84 bits per heavy atom. The van der Waals surface area contributed by atoms with Crippen molar-refractivity contribution in [2.75, 3.05) is 18.0 Å². The van der Waals surface area contributed by atoms with Gasteiger partial charge in [-0.2, -0.15) is 0 Å². The Morgan fingerprint density at radius 3 is 2.68 bits per heavy atom. The normalized spacial score (nSPS) is 18.7. The summed E-state index contributed by atoms with van der Waals surface area (Å²) in [5.41, 5.74) is 3.53. The topological polar surface area (TPSA) is 65.9 Å². The lowest BCUT2D eigenvalue weighted by Crippen LogP contribution is -2.63. The highest BCUT2D eigenvalue weighted by atomic mass is 16.2. The van der Waals surface area contributed by atoms with Gasteiger partial charge in [-0.15, -0.1) is 0 Å². The van der Waals surface area contributed by atoms with Gasteiger partial charge in [0.05, 0.1) is 18.2 Å². The molecule has 0 unspecified atom stereocenters. The molecular formula is C19H16N4O2. The molecule has 0 atom stereocenters. The van der Waals surface area contributed by atoms with Crippen molar-refractivity contribution in [2.45, 2.75) is 18.9 Å². The third-order valence-corrected chi connectivity index (χ3v) is 5.07.